The van der Waals surface area contributed by atoms with Crippen LogP contribution in [-0.4, -0.2) is 61.1 Å². The molecule has 9 nitrogen and oxygen atoms in total. The normalized spacial score (nSPS) is 22.9. The van der Waals surface area contributed by atoms with Crippen LogP contribution in [0.5, 0.6) is 0 Å². The number of amides is 1. The van der Waals surface area contributed by atoms with Crippen LogP contribution in [0.2, 0.25) is 5.04 Å². The molecule has 0 N–H and O–H groups in total. The van der Waals surface area contributed by atoms with Crippen LogP contribution in [-0.2, 0) is 13.9 Å². The average Bonchev–Trinajstić information content (AvgIpc) is 3.51. The fourth-order valence-electron chi connectivity index (χ4n) is 7.18. The second kappa shape index (κ2) is 11.3. The number of carbonyl (C=O) groups is 2. The molecule has 3 aromatic rings. The third-order valence-corrected chi connectivity index (χ3v) is 14.1. The van der Waals surface area contributed by atoms with E-state index in [9.17, 15) is 19.7 Å². The van der Waals surface area contributed by atoms with Crippen LogP contribution in [0.1, 0.15) is 50.9 Å². The predicted molar refractivity (Wildman–Crippen MR) is 167 cm³/mol. The second-order valence-electron chi connectivity index (χ2n) is 12.5. The zero-order valence-corrected chi connectivity index (χ0v) is 26.3. The van der Waals surface area contributed by atoms with Gasteiger partial charge in [0.05, 0.1) is 16.6 Å². The van der Waals surface area contributed by atoms with Crippen LogP contribution in [0.4, 0.5) is 10.5 Å². The van der Waals surface area contributed by atoms with Gasteiger partial charge >= 0.3 is 12.1 Å². The Labute approximate surface area is 257 Å². The molecule has 0 unspecified atom stereocenters. The van der Waals surface area contributed by atoms with Crippen LogP contribution in [0.25, 0.3) is 0 Å². The summed E-state index contributed by atoms with van der Waals surface area (Å²) in [6, 6.07) is 25.8. The smallest absolute Gasteiger partial charge is 0.410 e. The Morgan fingerprint density at radius 1 is 1.00 bits per heavy atom. The minimum atomic E-state index is -2.94. The molecule has 0 aromatic heterocycles. The van der Waals surface area contributed by atoms with E-state index in [2.05, 4.69) is 69.3 Å². The summed E-state index contributed by atoms with van der Waals surface area (Å²) in [7, 11) is -2.94. The molecule has 228 valence electrons. The molecule has 2 aliphatic heterocycles. The van der Waals surface area contributed by atoms with Crippen molar-refractivity contribution >= 4 is 36.4 Å². The molecule has 10 heteroatoms. The number of nitro benzene ring substituents is 1. The zero-order valence-electron chi connectivity index (χ0n) is 25.3. The number of nitro groups is 1. The molecule has 1 aliphatic carbocycles. The van der Waals surface area contributed by atoms with Gasteiger partial charge in [-0.1, -0.05) is 88.4 Å². The maximum atomic E-state index is 13.3. The number of hydrogen-bond donors (Lipinski definition) is 0. The molecule has 0 bridgehead atoms. The summed E-state index contributed by atoms with van der Waals surface area (Å²) in [5, 5.41) is 13.2. The summed E-state index contributed by atoms with van der Waals surface area (Å²) in [4.78, 5) is 38.7. The van der Waals surface area contributed by atoms with Crippen molar-refractivity contribution < 1.29 is 28.4 Å². The van der Waals surface area contributed by atoms with Gasteiger partial charge in [-0.3, -0.25) is 15.0 Å². The van der Waals surface area contributed by atoms with Crippen molar-refractivity contribution in [3.63, 3.8) is 0 Å². The molecular formula is C34H36N2O7Si. The molecular weight excluding hydrogens is 576 g/mol. The third kappa shape index (κ3) is 4.82. The van der Waals surface area contributed by atoms with Crippen molar-refractivity contribution in [2.45, 2.75) is 69.9 Å². The highest BCUT2D eigenvalue weighted by Crippen LogP contribution is 2.48. The molecule has 2 saturated heterocycles. The summed E-state index contributed by atoms with van der Waals surface area (Å²) in [5.74, 6) is -0.631. The largest absolute Gasteiger partial charge is 0.450 e. The van der Waals surface area contributed by atoms with Crippen LogP contribution < -0.4 is 10.4 Å². The van der Waals surface area contributed by atoms with Crippen LogP contribution in [0.15, 0.2) is 96.1 Å². The Balaban J connectivity index is 1.42. The number of non-ortho nitro benzene ring substituents is 1. The van der Waals surface area contributed by atoms with Crippen molar-refractivity contribution in [2.75, 3.05) is 6.54 Å². The molecule has 0 spiro atoms. The third-order valence-electron chi connectivity index (χ3n) is 9.09. The molecule has 3 aliphatic rings. The Hall–Kier alpha value is -4.28. The van der Waals surface area contributed by atoms with Gasteiger partial charge in [-0.05, 0) is 51.5 Å². The summed E-state index contributed by atoms with van der Waals surface area (Å²) < 4.78 is 19.5. The standard InChI is InChI=1S/C34H36N2O7Si/c1-5-26-28-27(43-44(34(2,3)4,24-12-8-6-9-13-24)25-14-10-7-11-15-25)20-21-35-29(28)31(42-33(35)38)30(26)41-32(37)22-16-18-23(19-17-22)36(39)40/h6-19,27,29-31H,5,20-21H2,1-4H3/t27-,29-,30-,31-/m0/s1. The first-order chi connectivity index (χ1) is 21.1. The van der Waals surface area contributed by atoms with Crippen molar-refractivity contribution in [2.24, 2.45) is 0 Å². The highest BCUT2D eigenvalue weighted by Gasteiger charge is 2.61. The Morgan fingerprint density at radius 3 is 2.11 bits per heavy atom. The summed E-state index contributed by atoms with van der Waals surface area (Å²) in [5.41, 5.74) is 1.93. The Morgan fingerprint density at radius 2 is 1.59 bits per heavy atom. The van der Waals surface area contributed by atoms with Gasteiger partial charge in [0.1, 0.15) is 6.04 Å². The van der Waals surface area contributed by atoms with E-state index in [-0.39, 0.29) is 22.4 Å². The van der Waals surface area contributed by atoms with Crippen LogP contribution in [0.3, 0.4) is 0 Å². The van der Waals surface area contributed by atoms with E-state index in [0.29, 0.717) is 19.4 Å². The van der Waals surface area contributed by atoms with Crippen molar-refractivity contribution in [3.05, 3.63) is 112 Å². The lowest BCUT2D eigenvalue weighted by molar-refractivity contribution is -0.384. The fourth-order valence-corrected chi connectivity index (χ4v) is 11.9. The molecule has 6 rings (SSSR count). The number of piperidine rings is 1. The molecule has 2 heterocycles. The fraction of sp³-hybridized carbons (Fsp3) is 0.353. The Kier molecular flexibility index (Phi) is 7.67. The second-order valence-corrected chi connectivity index (χ2v) is 16.8. The average molecular weight is 613 g/mol. The SMILES string of the molecule is CCC1=C2[C@@H](O[Si](c3ccccc3)(c3ccccc3)C(C)(C)C)CCN3C(=O)O[C@H]([C@H]1OC(=O)c1ccc([N+](=O)[O-])cc1)[C@H]23. The lowest BCUT2D eigenvalue weighted by Gasteiger charge is -2.47. The van der Waals surface area contributed by atoms with E-state index < -0.39 is 43.6 Å². The van der Waals surface area contributed by atoms with Crippen LogP contribution in [0, 0.1) is 10.1 Å². The number of ether oxygens (including phenoxy) is 2. The minimum Gasteiger partial charge on any atom is -0.450 e. The van der Waals surface area contributed by atoms with E-state index in [1.807, 2.05) is 19.1 Å². The summed E-state index contributed by atoms with van der Waals surface area (Å²) >= 11 is 0. The monoisotopic (exact) mass is 612 g/mol. The maximum Gasteiger partial charge on any atom is 0.410 e. The van der Waals surface area contributed by atoms with Gasteiger partial charge < -0.3 is 13.9 Å². The number of rotatable bonds is 8. The first-order valence-electron chi connectivity index (χ1n) is 15.0. The van der Waals surface area contributed by atoms with Gasteiger partial charge in [0.2, 0.25) is 0 Å². The minimum absolute atomic E-state index is 0.117. The van der Waals surface area contributed by atoms with Gasteiger partial charge in [0.25, 0.3) is 14.0 Å². The van der Waals surface area contributed by atoms with E-state index in [1.165, 1.54) is 24.3 Å². The number of benzene rings is 3. The van der Waals surface area contributed by atoms with Crippen molar-refractivity contribution in [3.8, 4) is 0 Å². The van der Waals surface area contributed by atoms with Gasteiger partial charge in [-0.15, -0.1) is 0 Å². The Bertz CT molecular complexity index is 1560. The first kappa shape index (κ1) is 29.8. The predicted octanol–water partition coefficient (Wildman–Crippen LogP) is 5.38. The summed E-state index contributed by atoms with van der Waals surface area (Å²) in [6.07, 6.45) is -1.07. The maximum absolute atomic E-state index is 13.3. The number of nitrogens with zero attached hydrogens (tertiary/aromatic N) is 2. The lowest BCUT2D eigenvalue weighted by atomic mass is 9.93. The van der Waals surface area contributed by atoms with Gasteiger partial charge in [-0.2, -0.15) is 0 Å². The van der Waals surface area contributed by atoms with E-state index in [4.69, 9.17) is 13.9 Å². The van der Waals surface area contributed by atoms with Gasteiger partial charge in [-0.25, -0.2) is 9.59 Å². The van der Waals surface area contributed by atoms with E-state index >= 15 is 0 Å². The molecule has 3 aromatic carbocycles. The van der Waals surface area contributed by atoms with E-state index in [1.54, 1.807) is 4.90 Å². The topological polar surface area (TPSA) is 108 Å². The molecule has 4 atom stereocenters. The molecule has 1 amide bonds. The van der Waals surface area contributed by atoms with Crippen molar-refractivity contribution in [1.29, 1.82) is 0 Å². The zero-order chi connectivity index (χ0) is 31.2. The van der Waals surface area contributed by atoms with Crippen molar-refractivity contribution in [1.82, 2.24) is 4.90 Å². The highest BCUT2D eigenvalue weighted by atomic mass is 28.4. The highest BCUT2D eigenvalue weighted by molar-refractivity contribution is 6.99. The van der Waals surface area contributed by atoms with Gasteiger partial charge in [0.15, 0.2) is 12.2 Å². The lowest BCUT2D eigenvalue weighted by Crippen LogP contribution is -2.68. The molecule has 0 radical (unpaired) electrons. The summed E-state index contributed by atoms with van der Waals surface area (Å²) in [6.45, 7) is 9.18. The first-order valence-corrected chi connectivity index (χ1v) is 16.9. The molecule has 2 fully saturated rings. The number of hydrogen-bond acceptors (Lipinski definition) is 7. The number of esters is 1. The quantitative estimate of drug-likeness (QED) is 0.111. The molecule has 0 saturated carbocycles. The van der Waals surface area contributed by atoms with E-state index in [0.717, 1.165) is 21.5 Å². The molecule has 44 heavy (non-hydrogen) atoms. The van der Waals surface area contributed by atoms with Crippen LogP contribution >= 0.6 is 0 Å². The van der Waals surface area contributed by atoms with Gasteiger partial charge in [0, 0.05) is 18.7 Å². The number of carbonyl (C=O) groups excluding carboxylic acids is 2.